The molecule has 0 aliphatic carbocycles. The molecule has 3 aromatic rings. The average molecular weight is 314 g/mol. The van der Waals surface area contributed by atoms with Gasteiger partial charge in [-0.25, -0.2) is 17.6 Å². The number of aromatic nitrogens is 2. The largest absolute Gasteiger partial charge is 0.269 e. The van der Waals surface area contributed by atoms with Crippen molar-refractivity contribution >= 4 is 26.5 Å². The second-order valence-electron chi connectivity index (χ2n) is 5.65. The minimum atomic E-state index is -3.40. The topological polar surface area (TPSA) is 46.2 Å². The summed E-state index contributed by atoms with van der Waals surface area (Å²) >= 11 is 0. The van der Waals surface area contributed by atoms with Crippen molar-refractivity contribution in [3.05, 3.63) is 54.6 Å². The monoisotopic (exact) mass is 314 g/mol. The zero-order valence-corrected chi connectivity index (χ0v) is 13.2. The molecule has 0 atom stereocenters. The van der Waals surface area contributed by atoms with E-state index in [9.17, 15) is 8.42 Å². The Kier molecular flexibility index (Phi) is 2.62. The zero-order valence-electron chi connectivity index (χ0n) is 12.4. The Hall–Kier alpha value is -2.34. The molecular weight excluding hydrogens is 298 g/mol. The van der Waals surface area contributed by atoms with Crippen molar-refractivity contribution in [3.63, 3.8) is 0 Å². The highest BCUT2D eigenvalue weighted by Gasteiger charge is 2.33. The van der Waals surface area contributed by atoms with E-state index >= 15 is 0 Å². The van der Waals surface area contributed by atoms with Gasteiger partial charge in [0.05, 0.1) is 17.6 Å². The third-order valence-corrected chi connectivity index (χ3v) is 6.04. The molecule has 2 heterocycles. The van der Waals surface area contributed by atoms with Gasteiger partial charge in [-0.1, -0.05) is 18.2 Å². The Morgan fingerprint density at radius 1 is 1.18 bits per heavy atom. The summed E-state index contributed by atoms with van der Waals surface area (Å²) < 4.78 is 30.3. The highest BCUT2D eigenvalue weighted by atomic mass is 32.2. The van der Waals surface area contributed by atoms with E-state index in [1.807, 2.05) is 54.6 Å². The van der Waals surface area contributed by atoms with Crippen LogP contribution in [0, 0.1) is 0 Å². The van der Waals surface area contributed by atoms with Crippen LogP contribution in [0.15, 0.2) is 53.9 Å². The summed E-state index contributed by atoms with van der Waals surface area (Å²) in [5.41, 5.74) is 1.87. The quantitative estimate of drug-likeness (QED) is 0.675. The molecular formula is C16H16N3O2S+. The smallest absolute Gasteiger partial charge is 0.264 e. The van der Waals surface area contributed by atoms with Gasteiger partial charge in [0.2, 0.25) is 6.33 Å². The lowest BCUT2D eigenvalue weighted by Crippen LogP contribution is -2.23. The van der Waals surface area contributed by atoms with Crippen LogP contribution in [0.3, 0.4) is 0 Å². The fourth-order valence-electron chi connectivity index (χ4n) is 3.10. The second-order valence-corrected chi connectivity index (χ2v) is 7.58. The first kappa shape index (κ1) is 13.3. The Morgan fingerprint density at radius 2 is 2.00 bits per heavy atom. The lowest BCUT2D eigenvalue weighted by Gasteiger charge is -2.10. The first-order valence-electron chi connectivity index (χ1n) is 7.03. The summed E-state index contributed by atoms with van der Waals surface area (Å²) in [7, 11) is 0.185. The van der Waals surface area contributed by atoms with Crippen LogP contribution in [0.2, 0.25) is 0 Å². The van der Waals surface area contributed by atoms with Crippen LogP contribution in [0.25, 0.3) is 10.8 Å². The lowest BCUT2D eigenvalue weighted by atomic mass is 10.0. The maximum atomic E-state index is 12.5. The third-order valence-electron chi connectivity index (χ3n) is 4.23. The minimum absolute atomic E-state index is 0.405. The Labute approximate surface area is 129 Å². The molecule has 2 aromatic carbocycles. The van der Waals surface area contributed by atoms with Crippen molar-refractivity contribution in [3.8, 4) is 0 Å². The molecule has 0 saturated heterocycles. The summed E-state index contributed by atoms with van der Waals surface area (Å²) in [4.78, 5) is 0.405. The standard InChI is InChI=1S/C16H16N3O2S/c1-17-8-9-19(11-17)10-12-6-7-15-16-13(12)4-3-5-14(16)18(2)22(15,20)21/h3-9,11H,10H2,1-2H3/q+1. The van der Waals surface area contributed by atoms with Gasteiger partial charge in [-0.3, -0.25) is 4.31 Å². The number of hydrogen-bond donors (Lipinski definition) is 0. The molecule has 0 amide bonds. The zero-order chi connectivity index (χ0) is 15.5. The summed E-state index contributed by atoms with van der Waals surface area (Å²) in [6, 6.07) is 9.41. The molecule has 0 N–H and O–H groups in total. The number of aryl methyl sites for hydroxylation is 1. The van der Waals surface area contributed by atoms with Crippen LogP contribution >= 0.6 is 0 Å². The maximum absolute atomic E-state index is 12.5. The molecule has 0 bridgehead atoms. The number of nitrogens with zero attached hydrogens (tertiary/aromatic N) is 3. The van der Waals surface area contributed by atoms with E-state index in [0.29, 0.717) is 11.4 Å². The molecule has 6 heteroatoms. The van der Waals surface area contributed by atoms with Gasteiger partial charge in [0.1, 0.15) is 18.9 Å². The fraction of sp³-hybridized carbons (Fsp3) is 0.188. The van der Waals surface area contributed by atoms with Gasteiger partial charge in [-0.2, -0.15) is 0 Å². The summed E-state index contributed by atoms with van der Waals surface area (Å²) in [5.74, 6) is 0. The van der Waals surface area contributed by atoms with Crippen LogP contribution in [-0.2, 0) is 23.6 Å². The first-order chi connectivity index (χ1) is 10.5. The molecule has 112 valence electrons. The van der Waals surface area contributed by atoms with E-state index < -0.39 is 10.0 Å². The molecule has 4 rings (SSSR count). The number of rotatable bonds is 2. The Morgan fingerprint density at radius 3 is 2.73 bits per heavy atom. The molecule has 0 spiro atoms. The second kappa shape index (κ2) is 4.33. The number of anilines is 1. The van der Waals surface area contributed by atoms with Gasteiger partial charge in [0, 0.05) is 18.0 Å². The van der Waals surface area contributed by atoms with Gasteiger partial charge in [-0.05, 0) is 17.5 Å². The third kappa shape index (κ3) is 1.70. The molecule has 0 saturated carbocycles. The molecule has 1 aliphatic rings. The van der Waals surface area contributed by atoms with Crippen molar-refractivity contribution in [1.82, 2.24) is 4.57 Å². The summed E-state index contributed by atoms with van der Waals surface area (Å²) in [6.45, 7) is 0.713. The number of benzene rings is 2. The van der Waals surface area contributed by atoms with Gasteiger partial charge in [0.15, 0.2) is 0 Å². The average Bonchev–Trinajstić information content (AvgIpc) is 2.98. The Bertz CT molecular complexity index is 1010. The van der Waals surface area contributed by atoms with E-state index in [-0.39, 0.29) is 0 Å². The predicted molar refractivity (Wildman–Crippen MR) is 84.2 cm³/mol. The molecule has 5 nitrogen and oxygen atoms in total. The molecule has 1 aromatic heterocycles. The van der Waals surface area contributed by atoms with E-state index in [1.54, 1.807) is 13.1 Å². The SMILES string of the molecule is CN1c2cccc3c(Cn4cc[n+](C)c4)ccc(c23)S1(=O)=O. The van der Waals surface area contributed by atoms with Crippen LogP contribution in [0.1, 0.15) is 5.56 Å². The van der Waals surface area contributed by atoms with Crippen LogP contribution < -0.4 is 8.87 Å². The van der Waals surface area contributed by atoms with Crippen molar-refractivity contribution in [2.45, 2.75) is 11.4 Å². The van der Waals surface area contributed by atoms with Crippen LogP contribution in [0.4, 0.5) is 5.69 Å². The maximum Gasteiger partial charge on any atom is 0.264 e. The number of hydrogen-bond acceptors (Lipinski definition) is 2. The summed E-state index contributed by atoms with van der Waals surface area (Å²) in [6.07, 6.45) is 6.00. The van der Waals surface area contributed by atoms with Gasteiger partial charge >= 0.3 is 0 Å². The highest BCUT2D eigenvalue weighted by molar-refractivity contribution is 7.93. The molecule has 22 heavy (non-hydrogen) atoms. The van der Waals surface area contributed by atoms with Crippen LogP contribution in [-0.4, -0.2) is 20.0 Å². The van der Waals surface area contributed by atoms with Gasteiger partial charge in [0.25, 0.3) is 10.0 Å². The van der Waals surface area contributed by atoms with Crippen molar-refractivity contribution in [1.29, 1.82) is 0 Å². The fourth-order valence-corrected chi connectivity index (χ4v) is 4.52. The van der Waals surface area contributed by atoms with Crippen molar-refractivity contribution in [2.75, 3.05) is 11.4 Å². The lowest BCUT2D eigenvalue weighted by molar-refractivity contribution is -0.671. The first-order valence-corrected chi connectivity index (χ1v) is 8.47. The number of imidazole rings is 1. The van der Waals surface area contributed by atoms with Crippen molar-refractivity contribution in [2.24, 2.45) is 7.05 Å². The van der Waals surface area contributed by atoms with Gasteiger partial charge < -0.3 is 0 Å². The normalized spacial score (nSPS) is 15.6. The van der Waals surface area contributed by atoms with E-state index in [4.69, 9.17) is 0 Å². The molecule has 0 radical (unpaired) electrons. The van der Waals surface area contributed by atoms with Crippen LogP contribution in [0.5, 0.6) is 0 Å². The highest BCUT2D eigenvalue weighted by Crippen LogP contribution is 2.42. The predicted octanol–water partition coefficient (Wildman–Crippen LogP) is 1.65. The molecule has 0 unspecified atom stereocenters. The van der Waals surface area contributed by atoms with Gasteiger partial charge in [-0.15, -0.1) is 0 Å². The molecule has 1 aliphatic heterocycles. The minimum Gasteiger partial charge on any atom is -0.269 e. The molecule has 0 fully saturated rings. The Balaban J connectivity index is 1.96. The van der Waals surface area contributed by atoms with E-state index in [2.05, 4.69) is 4.57 Å². The van der Waals surface area contributed by atoms with E-state index in [0.717, 1.165) is 22.0 Å². The van der Waals surface area contributed by atoms with E-state index in [1.165, 1.54) is 4.31 Å². The van der Waals surface area contributed by atoms with Crippen molar-refractivity contribution < 1.29 is 13.0 Å². The number of sulfonamides is 1. The summed E-state index contributed by atoms with van der Waals surface area (Å²) in [5, 5.41) is 1.83.